The highest BCUT2D eigenvalue weighted by molar-refractivity contribution is 5.77. The van der Waals surface area contributed by atoms with Crippen LogP contribution >= 0.6 is 0 Å². The lowest BCUT2D eigenvalue weighted by Gasteiger charge is -2.42. The van der Waals surface area contributed by atoms with E-state index in [1.807, 2.05) is 6.92 Å². The van der Waals surface area contributed by atoms with Crippen molar-refractivity contribution in [1.82, 2.24) is 0 Å². The number of aliphatic carboxylic acids is 1. The molecule has 2 aliphatic heterocycles. The van der Waals surface area contributed by atoms with E-state index >= 15 is 0 Å². The summed E-state index contributed by atoms with van der Waals surface area (Å²) in [6.07, 6.45) is 1.33. The van der Waals surface area contributed by atoms with E-state index in [-0.39, 0.29) is 18.8 Å². The first-order chi connectivity index (χ1) is 6.46. The van der Waals surface area contributed by atoms with Gasteiger partial charge in [-0.25, -0.2) is 0 Å². The predicted molar refractivity (Wildman–Crippen MR) is 48.8 cm³/mol. The van der Waals surface area contributed by atoms with Crippen molar-refractivity contribution in [3.8, 4) is 0 Å². The van der Waals surface area contributed by atoms with Gasteiger partial charge in [-0.05, 0) is 19.8 Å². The number of ether oxygens (including phenoxy) is 1. The fraction of sp³-hybridized carbons (Fsp3) is 0.900. The second-order valence-corrected chi connectivity index (χ2v) is 4.77. The van der Waals surface area contributed by atoms with Gasteiger partial charge in [-0.1, -0.05) is 6.92 Å². The molecule has 2 rings (SSSR count). The van der Waals surface area contributed by atoms with Crippen LogP contribution in [0.25, 0.3) is 0 Å². The highest BCUT2D eigenvalue weighted by Crippen LogP contribution is 2.59. The zero-order valence-electron chi connectivity index (χ0n) is 8.49. The number of hydrogen-bond donors (Lipinski definition) is 2. The molecular formula is C10H16O4. The summed E-state index contributed by atoms with van der Waals surface area (Å²) < 4.78 is 5.61. The second kappa shape index (κ2) is 2.70. The second-order valence-electron chi connectivity index (χ2n) is 4.77. The van der Waals surface area contributed by atoms with Crippen molar-refractivity contribution in [3.05, 3.63) is 0 Å². The molecule has 2 N–H and O–H groups in total. The summed E-state index contributed by atoms with van der Waals surface area (Å²) in [5.41, 5.74) is -1.58. The molecule has 14 heavy (non-hydrogen) atoms. The molecule has 0 spiro atoms. The molecule has 0 aromatic heterocycles. The van der Waals surface area contributed by atoms with Gasteiger partial charge in [-0.2, -0.15) is 0 Å². The Morgan fingerprint density at radius 2 is 2.00 bits per heavy atom. The molecule has 2 fully saturated rings. The minimum absolute atomic E-state index is 0.0985. The topological polar surface area (TPSA) is 66.8 Å². The van der Waals surface area contributed by atoms with Crippen LogP contribution in [0.15, 0.2) is 0 Å². The van der Waals surface area contributed by atoms with Crippen molar-refractivity contribution in [1.29, 1.82) is 0 Å². The number of aliphatic hydroxyl groups excluding tert-OH is 1. The third-order valence-corrected chi connectivity index (χ3v) is 4.33. The minimum atomic E-state index is -0.940. The van der Waals surface area contributed by atoms with Crippen LogP contribution in [0, 0.1) is 10.8 Å². The Morgan fingerprint density at radius 3 is 2.43 bits per heavy atom. The first-order valence-electron chi connectivity index (χ1n) is 4.96. The highest BCUT2D eigenvalue weighted by Gasteiger charge is 2.67. The Morgan fingerprint density at radius 1 is 1.43 bits per heavy atom. The molecule has 0 aromatic rings. The molecule has 0 aliphatic carbocycles. The monoisotopic (exact) mass is 200 g/mol. The number of carboxylic acid groups (broad SMARTS) is 1. The standard InChI is InChI=1S/C10H16O4/c1-9(5-11)6-3-4-7(14-6)10(9,2)8(12)13/h6-7,11H,3-5H2,1-2H3,(H,12,13)/t6?,7?,9-,10+/m1/s1. The summed E-state index contributed by atoms with van der Waals surface area (Å²) in [6, 6.07) is 0. The average molecular weight is 200 g/mol. The van der Waals surface area contributed by atoms with E-state index in [0.29, 0.717) is 0 Å². The summed E-state index contributed by atoms with van der Waals surface area (Å²) >= 11 is 0. The number of rotatable bonds is 2. The number of carboxylic acids is 1. The number of hydrogen-bond acceptors (Lipinski definition) is 3. The van der Waals surface area contributed by atoms with E-state index in [9.17, 15) is 15.0 Å². The molecule has 0 saturated carbocycles. The predicted octanol–water partition coefficient (Wildman–Crippen LogP) is 0.637. The van der Waals surface area contributed by atoms with Crippen molar-refractivity contribution in [2.45, 2.75) is 38.9 Å². The first kappa shape index (κ1) is 9.93. The Labute approximate surface area is 82.9 Å². The Bertz CT molecular complexity index is 277. The zero-order chi connectivity index (χ0) is 10.6. The van der Waals surface area contributed by atoms with Crippen LogP contribution in [-0.4, -0.2) is 35.0 Å². The maximum absolute atomic E-state index is 11.3. The molecule has 0 radical (unpaired) electrons. The minimum Gasteiger partial charge on any atom is -0.481 e. The maximum atomic E-state index is 11.3. The summed E-state index contributed by atoms with van der Waals surface area (Å²) in [5, 5.41) is 18.7. The van der Waals surface area contributed by atoms with E-state index in [4.69, 9.17) is 4.74 Å². The Hall–Kier alpha value is -0.610. The van der Waals surface area contributed by atoms with Gasteiger partial charge in [0, 0.05) is 5.41 Å². The van der Waals surface area contributed by atoms with E-state index in [0.717, 1.165) is 12.8 Å². The van der Waals surface area contributed by atoms with E-state index in [1.165, 1.54) is 0 Å². The van der Waals surface area contributed by atoms with Gasteiger partial charge in [-0.15, -0.1) is 0 Å². The highest BCUT2D eigenvalue weighted by atomic mass is 16.5. The van der Waals surface area contributed by atoms with Gasteiger partial charge >= 0.3 is 5.97 Å². The third-order valence-electron chi connectivity index (χ3n) is 4.33. The molecule has 2 saturated heterocycles. The fourth-order valence-corrected chi connectivity index (χ4v) is 2.88. The van der Waals surface area contributed by atoms with Gasteiger partial charge in [-0.3, -0.25) is 4.79 Å². The van der Waals surface area contributed by atoms with Gasteiger partial charge < -0.3 is 14.9 Å². The van der Waals surface area contributed by atoms with Gasteiger partial charge in [0.1, 0.15) is 5.41 Å². The number of carbonyl (C=O) groups is 1. The van der Waals surface area contributed by atoms with E-state index in [1.54, 1.807) is 6.92 Å². The molecule has 4 nitrogen and oxygen atoms in total. The van der Waals surface area contributed by atoms with Crippen molar-refractivity contribution < 1.29 is 19.7 Å². The van der Waals surface area contributed by atoms with Gasteiger partial charge in [0.25, 0.3) is 0 Å². The van der Waals surface area contributed by atoms with Gasteiger partial charge in [0.2, 0.25) is 0 Å². The van der Waals surface area contributed by atoms with E-state index < -0.39 is 16.8 Å². The van der Waals surface area contributed by atoms with Crippen LogP contribution in [0.1, 0.15) is 26.7 Å². The molecule has 80 valence electrons. The summed E-state index contributed by atoms with van der Waals surface area (Å²) in [4.78, 5) is 11.3. The van der Waals surface area contributed by atoms with Crippen LogP contribution in [0.5, 0.6) is 0 Å². The third kappa shape index (κ3) is 0.834. The summed E-state index contributed by atoms with van der Waals surface area (Å²) in [6.45, 7) is 3.37. The largest absolute Gasteiger partial charge is 0.481 e. The molecule has 2 unspecified atom stereocenters. The van der Waals surface area contributed by atoms with Crippen LogP contribution in [0.2, 0.25) is 0 Å². The molecule has 2 heterocycles. The zero-order valence-corrected chi connectivity index (χ0v) is 8.49. The lowest BCUT2D eigenvalue weighted by molar-refractivity contribution is -0.160. The van der Waals surface area contributed by atoms with Crippen LogP contribution < -0.4 is 0 Å². The van der Waals surface area contributed by atoms with Crippen LogP contribution in [0.3, 0.4) is 0 Å². The maximum Gasteiger partial charge on any atom is 0.312 e. The molecule has 4 heteroatoms. The molecule has 0 amide bonds. The Balaban J connectivity index is 2.44. The Kier molecular flexibility index (Phi) is 1.92. The molecular weight excluding hydrogens is 184 g/mol. The first-order valence-corrected chi connectivity index (χ1v) is 4.96. The van der Waals surface area contributed by atoms with Crippen molar-refractivity contribution in [3.63, 3.8) is 0 Å². The normalized spacial score (nSPS) is 51.1. The smallest absolute Gasteiger partial charge is 0.312 e. The van der Waals surface area contributed by atoms with E-state index in [2.05, 4.69) is 0 Å². The summed E-state index contributed by atoms with van der Waals surface area (Å²) in [5.74, 6) is -0.860. The molecule has 2 aliphatic rings. The van der Waals surface area contributed by atoms with Gasteiger partial charge in [0.05, 0.1) is 18.8 Å². The molecule has 0 aromatic carbocycles. The SMILES string of the molecule is C[C@@]1(CO)C2CCC(O2)[C@@]1(C)C(=O)O. The average Bonchev–Trinajstić information content (AvgIpc) is 2.69. The lowest BCUT2D eigenvalue weighted by atomic mass is 9.58. The quantitative estimate of drug-likeness (QED) is 0.686. The van der Waals surface area contributed by atoms with Crippen molar-refractivity contribution >= 4 is 5.97 Å². The molecule has 2 bridgehead atoms. The van der Waals surface area contributed by atoms with Crippen molar-refractivity contribution in [2.75, 3.05) is 6.61 Å². The van der Waals surface area contributed by atoms with Gasteiger partial charge in [0.15, 0.2) is 0 Å². The van der Waals surface area contributed by atoms with Crippen molar-refractivity contribution in [2.24, 2.45) is 10.8 Å². The lowest BCUT2D eigenvalue weighted by Crippen LogP contribution is -2.53. The number of fused-ring (bicyclic) bond motifs is 2. The van der Waals surface area contributed by atoms with Crippen LogP contribution in [-0.2, 0) is 9.53 Å². The summed E-state index contributed by atoms with van der Waals surface area (Å²) in [7, 11) is 0. The molecule has 4 atom stereocenters. The number of aliphatic hydroxyl groups is 1. The van der Waals surface area contributed by atoms with Crippen LogP contribution in [0.4, 0.5) is 0 Å². The fourth-order valence-electron chi connectivity index (χ4n) is 2.88.